The highest BCUT2D eigenvalue weighted by atomic mass is 32.2. The number of nitrogens with zero attached hydrogens (tertiary/aromatic N) is 1. The van der Waals surface area contributed by atoms with Gasteiger partial charge in [-0.1, -0.05) is 60.2 Å². The molecule has 1 aliphatic heterocycles. The topological polar surface area (TPSA) is 37.4 Å². The Morgan fingerprint density at radius 1 is 1.07 bits per heavy atom. The van der Waals surface area contributed by atoms with E-state index in [4.69, 9.17) is 0 Å². The number of hydrogen-bond donors (Lipinski definition) is 0. The third kappa shape index (κ3) is 3.33. The van der Waals surface area contributed by atoms with Gasteiger partial charge in [0, 0.05) is 24.1 Å². The molecule has 2 aromatic rings. The van der Waals surface area contributed by atoms with Crippen molar-refractivity contribution in [2.45, 2.75) is 31.1 Å². The largest absolute Gasteiger partial charge is 0.243 e. The predicted octanol–water partition coefficient (Wildman–Crippen LogP) is 5.11. The van der Waals surface area contributed by atoms with E-state index in [2.05, 4.69) is 6.08 Å². The van der Waals surface area contributed by atoms with Gasteiger partial charge in [0.15, 0.2) is 0 Å². The highest BCUT2D eigenvalue weighted by Crippen LogP contribution is 2.48. The summed E-state index contributed by atoms with van der Waals surface area (Å²) in [6.07, 6.45) is 6.73. The molecule has 1 aliphatic carbocycles. The second-order valence-electron chi connectivity index (χ2n) is 7.70. The molecule has 146 valence electrons. The predicted molar refractivity (Wildman–Crippen MR) is 110 cm³/mol. The van der Waals surface area contributed by atoms with Gasteiger partial charge in [0.25, 0.3) is 0 Å². The summed E-state index contributed by atoms with van der Waals surface area (Å²) < 4.78 is 43.4. The third-order valence-corrected chi connectivity index (χ3v) is 7.58. The molecular formula is C23H24FNO2S. The van der Waals surface area contributed by atoms with Crippen LogP contribution in [0.15, 0.2) is 77.2 Å². The molecule has 0 N–H and O–H groups in total. The number of aryl methyl sites for hydroxylation is 1. The summed E-state index contributed by atoms with van der Waals surface area (Å²) in [5.74, 6) is -0.297. The van der Waals surface area contributed by atoms with Gasteiger partial charge in [-0.15, -0.1) is 0 Å². The van der Waals surface area contributed by atoms with Crippen molar-refractivity contribution in [2.75, 3.05) is 13.1 Å². The molecule has 1 saturated heterocycles. The van der Waals surface area contributed by atoms with Gasteiger partial charge in [-0.25, -0.2) is 12.8 Å². The number of sulfonamides is 1. The second-order valence-corrected chi connectivity index (χ2v) is 9.63. The van der Waals surface area contributed by atoms with Crippen LogP contribution < -0.4 is 0 Å². The highest BCUT2D eigenvalue weighted by Gasteiger charge is 2.47. The van der Waals surface area contributed by atoms with Crippen molar-refractivity contribution < 1.29 is 12.8 Å². The number of halogens is 1. The summed E-state index contributed by atoms with van der Waals surface area (Å²) in [7, 11) is -3.68. The van der Waals surface area contributed by atoms with Crippen LogP contribution in [-0.2, 0) is 10.0 Å². The zero-order chi connectivity index (χ0) is 19.8. The molecule has 0 aromatic heterocycles. The lowest BCUT2D eigenvalue weighted by Gasteiger charge is -2.30. The van der Waals surface area contributed by atoms with Gasteiger partial charge in [-0.05, 0) is 43.9 Å². The van der Waals surface area contributed by atoms with Crippen molar-refractivity contribution in [2.24, 2.45) is 5.41 Å². The summed E-state index contributed by atoms with van der Waals surface area (Å²) in [6, 6.07) is 15.8. The first-order chi connectivity index (χ1) is 13.4. The van der Waals surface area contributed by atoms with Crippen molar-refractivity contribution in [3.05, 3.63) is 83.4 Å². The van der Waals surface area contributed by atoms with Crippen LogP contribution in [0.2, 0.25) is 0 Å². The Morgan fingerprint density at radius 2 is 1.79 bits per heavy atom. The molecule has 0 amide bonds. The lowest BCUT2D eigenvalue weighted by molar-refractivity contribution is 0.370. The standard InChI is InChI=1S/C23H24FNO2S/c1-18-10-12-20(13-11-18)28(26,27)25-16-21(22(24)19-8-4-2-5-9-19)23(17-25)14-6-3-7-15-23/h2,4-6,8-14H,3,7,15-17H2,1H3/b22-21+/t23-/m1/s1. The minimum absolute atomic E-state index is 0.0846. The van der Waals surface area contributed by atoms with Crippen LogP contribution in [0.5, 0.6) is 0 Å². The SMILES string of the molecule is Cc1ccc(S(=O)(=O)N2C/C(=C(\F)c3ccccc3)[C@@]3(C=CCCC3)C2)cc1. The molecule has 0 bridgehead atoms. The van der Waals surface area contributed by atoms with Gasteiger partial charge in [-0.2, -0.15) is 4.31 Å². The van der Waals surface area contributed by atoms with Crippen molar-refractivity contribution in [3.8, 4) is 0 Å². The molecular weight excluding hydrogens is 373 g/mol. The minimum atomic E-state index is -3.68. The number of benzene rings is 2. The molecule has 28 heavy (non-hydrogen) atoms. The van der Waals surface area contributed by atoms with Crippen LogP contribution in [-0.4, -0.2) is 25.8 Å². The minimum Gasteiger partial charge on any atom is -0.207 e. The van der Waals surface area contributed by atoms with E-state index in [0.29, 0.717) is 11.1 Å². The smallest absolute Gasteiger partial charge is 0.207 e. The highest BCUT2D eigenvalue weighted by molar-refractivity contribution is 7.89. The van der Waals surface area contributed by atoms with E-state index in [0.717, 1.165) is 24.8 Å². The molecule has 2 aliphatic rings. The summed E-state index contributed by atoms with van der Waals surface area (Å²) in [4.78, 5) is 0.259. The van der Waals surface area contributed by atoms with E-state index in [1.807, 2.05) is 19.1 Å². The van der Waals surface area contributed by atoms with Crippen LogP contribution >= 0.6 is 0 Å². The number of rotatable bonds is 3. The number of hydrogen-bond acceptors (Lipinski definition) is 2. The van der Waals surface area contributed by atoms with Gasteiger partial charge in [0.05, 0.1) is 4.90 Å². The average molecular weight is 398 g/mol. The second kappa shape index (κ2) is 7.30. The maximum atomic E-state index is 15.5. The summed E-state index contributed by atoms with van der Waals surface area (Å²) in [5, 5.41) is 0. The summed E-state index contributed by atoms with van der Waals surface area (Å²) in [5.41, 5.74) is 1.52. The van der Waals surface area contributed by atoms with Crippen LogP contribution in [0.4, 0.5) is 4.39 Å². The fourth-order valence-corrected chi connectivity index (χ4v) is 5.66. The van der Waals surface area contributed by atoms with Gasteiger partial charge in [-0.3, -0.25) is 0 Å². The van der Waals surface area contributed by atoms with E-state index >= 15 is 4.39 Å². The van der Waals surface area contributed by atoms with Gasteiger partial charge in [0.2, 0.25) is 10.0 Å². The normalized spacial score (nSPS) is 24.6. The molecule has 5 heteroatoms. The Morgan fingerprint density at radius 3 is 2.43 bits per heavy atom. The third-order valence-electron chi connectivity index (χ3n) is 5.78. The first-order valence-electron chi connectivity index (χ1n) is 9.61. The van der Waals surface area contributed by atoms with Crippen molar-refractivity contribution in [1.29, 1.82) is 0 Å². The maximum Gasteiger partial charge on any atom is 0.243 e. The summed E-state index contributed by atoms with van der Waals surface area (Å²) in [6.45, 7) is 2.29. The first kappa shape index (κ1) is 19.1. The maximum absolute atomic E-state index is 15.5. The molecule has 0 unspecified atom stereocenters. The Hall–Kier alpha value is -2.24. The Balaban J connectivity index is 1.78. The van der Waals surface area contributed by atoms with E-state index in [9.17, 15) is 8.42 Å². The fraction of sp³-hybridized carbons (Fsp3) is 0.304. The van der Waals surface area contributed by atoms with E-state index in [-0.39, 0.29) is 23.8 Å². The first-order valence-corrected chi connectivity index (χ1v) is 11.1. The molecule has 0 saturated carbocycles. The number of allylic oxidation sites excluding steroid dienone is 1. The molecule has 2 aromatic carbocycles. The quantitative estimate of drug-likeness (QED) is 0.675. The van der Waals surface area contributed by atoms with Crippen LogP contribution in [0.3, 0.4) is 0 Å². The lowest BCUT2D eigenvalue weighted by atomic mass is 9.74. The molecule has 1 fully saturated rings. The zero-order valence-corrected chi connectivity index (χ0v) is 16.8. The van der Waals surface area contributed by atoms with Gasteiger partial charge >= 0.3 is 0 Å². The van der Waals surface area contributed by atoms with Crippen LogP contribution in [0, 0.1) is 12.3 Å². The van der Waals surface area contributed by atoms with E-state index < -0.39 is 15.4 Å². The van der Waals surface area contributed by atoms with Crippen molar-refractivity contribution in [1.82, 2.24) is 4.31 Å². The Bertz CT molecular complexity index is 1030. The molecule has 1 spiro atoms. The monoisotopic (exact) mass is 397 g/mol. The Kier molecular flexibility index (Phi) is 4.98. The lowest BCUT2D eigenvalue weighted by Crippen LogP contribution is -2.32. The van der Waals surface area contributed by atoms with Gasteiger partial charge in [0.1, 0.15) is 5.83 Å². The average Bonchev–Trinajstić information content (AvgIpc) is 3.08. The zero-order valence-electron chi connectivity index (χ0n) is 15.9. The van der Waals surface area contributed by atoms with Crippen molar-refractivity contribution >= 4 is 15.9 Å². The fourth-order valence-electron chi connectivity index (χ4n) is 4.19. The van der Waals surface area contributed by atoms with E-state index in [1.165, 1.54) is 4.31 Å². The molecule has 0 radical (unpaired) electrons. The molecule has 1 atom stereocenters. The van der Waals surface area contributed by atoms with Crippen LogP contribution in [0.1, 0.15) is 30.4 Å². The molecule has 3 nitrogen and oxygen atoms in total. The van der Waals surface area contributed by atoms with Crippen LogP contribution in [0.25, 0.3) is 5.83 Å². The molecule has 1 heterocycles. The Labute approximate surface area is 166 Å². The van der Waals surface area contributed by atoms with Crippen molar-refractivity contribution in [3.63, 3.8) is 0 Å². The van der Waals surface area contributed by atoms with Gasteiger partial charge < -0.3 is 0 Å². The molecule has 4 rings (SSSR count). The summed E-state index contributed by atoms with van der Waals surface area (Å²) >= 11 is 0. The van der Waals surface area contributed by atoms with E-state index in [1.54, 1.807) is 48.5 Å².